The number of aliphatic hydroxyl groups excluding tert-OH is 1. The standard InChI is InChI=1S/C24H32O4/c1-22-9-7-16(25)11-15(22)4-5-18-17(22)8-10-23(2)19(12-20-24(18,23)28-20)14-3-6-21(26)27-13-14/h3,6,13,15-20,25H,4-5,7-12H2,1-2H3/t15-,16?,17+,18-,19?,20?,22+,23-,24-/m1/s1. The van der Waals surface area contributed by atoms with Gasteiger partial charge in [-0.3, -0.25) is 0 Å². The first-order valence-corrected chi connectivity index (χ1v) is 11.3. The maximum atomic E-state index is 11.4. The number of rotatable bonds is 1. The van der Waals surface area contributed by atoms with Gasteiger partial charge in [0.05, 0.1) is 18.5 Å². The summed E-state index contributed by atoms with van der Waals surface area (Å²) in [6, 6.07) is 3.55. The van der Waals surface area contributed by atoms with Gasteiger partial charge in [-0.2, -0.15) is 0 Å². The zero-order chi connectivity index (χ0) is 19.3. The third kappa shape index (κ3) is 2.01. The molecule has 4 nitrogen and oxygen atoms in total. The second-order valence-electron chi connectivity index (χ2n) is 11.0. The Labute approximate surface area is 166 Å². The van der Waals surface area contributed by atoms with Crippen molar-refractivity contribution in [3.8, 4) is 0 Å². The molecule has 0 radical (unpaired) electrons. The Hall–Kier alpha value is -1.13. The fraction of sp³-hybridized carbons (Fsp3) is 0.792. The van der Waals surface area contributed by atoms with Crippen LogP contribution in [-0.2, 0) is 4.74 Å². The summed E-state index contributed by atoms with van der Waals surface area (Å²) < 4.78 is 11.8. The van der Waals surface area contributed by atoms with E-state index in [-0.39, 0.29) is 22.7 Å². The molecule has 6 rings (SSSR count). The maximum absolute atomic E-state index is 11.4. The molecule has 1 spiro atoms. The number of aliphatic hydroxyl groups is 1. The Morgan fingerprint density at radius 2 is 1.89 bits per heavy atom. The smallest absolute Gasteiger partial charge is 0.335 e. The van der Waals surface area contributed by atoms with Gasteiger partial charge in [-0.25, -0.2) is 4.79 Å². The van der Waals surface area contributed by atoms with Gasteiger partial charge in [-0.1, -0.05) is 13.8 Å². The lowest BCUT2D eigenvalue weighted by Gasteiger charge is -2.61. The average Bonchev–Trinajstić information content (AvgIpc) is 3.33. The monoisotopic (exact) mass is 384 g/mol. The Balaban J connectivity index is 1.36. The van der Waals surface area contributed by atoms with Crippen LogP contribution in [0.5, 0.6) is 0 Å². The molecule has 0 bridgehead atoms. The summed E-state index contributed by atoms with van der Waals surface area (Å²) in [5.41, 5.74) is 1.44. The third-order valence-electron chi connectivity index (χ3n) is 10.2. The Kier molecular flexibility index (Phi) is 3.49. The molecule has 1 aromatic heterocycles. The lowest BCUT2D eigenvalue weighted by atomic mass is 9.44. The molecule has 1 N–H and O–H groups in total. The van der Waals surface area contributed by atoms with Crippen molar-refractivity contribution in [2.24, 2.45) is 28.6 Å². The minimum absolute atomic E-state index is 0.0285. The van der Waals surface area contributed by atoms with Crippen molar-refractivity contribution in [1.82, 2.24) is 0 Å². The summed E-state index contributed by atoms with van der Waals surface area (Å²) >= 11 is 0. The van der Waals surface area contributed by atoms with Gasteiger partial charge in [0.25, 0.3) is 0 Å². The highest BCUT2D eigenvalue weighted by atomic mass is 16.6. The first-order valence-electron chi connectivity index (χ1n) is 11.3. The predicted molar refractivity (Wildman–Crippen MR) is 105 cm³/mol. The number of hydrogen-bond acceptors (Lipinski definition) is 4. The van der Waals surface area contributed by atoms with Crippen molar-refractivity contribution in [2.75, 3.05) is 0 Å². The van der Waals surface area contributed by atoms with Crippen LogP contribution < -0.4 is 5.63 Å². The predicted octanol–water partition coefficient (Wildman–Crippen LogP) is 4.26. The van der Waals surface area contributed by atoms with E-state index < -0.39 is 0 Å². The summed E-state index contributed by atoms with van der Waals surface area (Å²) in [7, 11) is 0. The summed E-state index contributed by atoms with van der Waals surface area (Å²) in [4.78, 5) is 11.4. The molecule has 1 aromatic rings. The summed E-state index contributed by atoms with van der Waals surface area (Å²) in [5.74, 6) is 2.48. The second kappa shape index (κ2) is 5.51. The molecule has 1 saturated heterocycles. The molecule has 4 aliphatic carbocycles. The molecular formula is C24H32O4. The molecule has 5 fully saturated rings. The van der Waals surface area contributed by atoms with E-state index in [0.717, 1.165) is 25.2 Å². The van der Waals surface area contributed by atoms with Crippen LogP contribution in [0.4, 0.5) is 0 Å². The Bertz CT molecular complexity index is 842. The van der Waals surface area contributed by atoms with Crippen LogP contribution in [-0.4, -0.2) is 22.9 Å². The van der Waals surface area contributed by atoms with Crippen molar-refractivity contribution in [3.63, 3.8) is 0 Å². The van der Waals surface area contributed by atoms with E-state index in [1.807, 2.05) is 6.07 Å². The van der Waals surface area contributed by atoms with Gasteiger partial charge in [-0.15, -0.1) is 0 Å². The van der Waals surface area contributed by atoms with Crippen LogP contribution in [0, 0.1) is 28.6 Å². The lowest BCUT2D eigenvalue weighted by molar-refractivity contribution is -0.139. The van der Waals surface area contributed by atoms with Crippen molar-refractivity contribution in [1.29, 1.82) is 0 Å². The molecule has 5 aliphatic rings. The molecule has 28 heavy (non-hydrogen) atoms. The number of ether oxygens (including phenoxy) is 1. The highest BCUT2D eigenvalue weighted by molar-refractivity contribution is 5.35. The van der Waals surface area contributed by atoms with Crippen molar-refractivity contribution >= 4 is 0 Å². The van der Waals surface area contributed by atoms with E-state index in [0.29, 0.717) is 29.3 Å². The van der Waals surface area contributed by atoms with Crippen molar-refractivity contribution < 1.29 is 14.3 Å². The van der Waals surface area contributed by atoms with Crippen LogP contribution in [0.15, 0.2) is 27.6 Å². The molecular weight excluding hydrogens is 352 g/mol. The summed E-state index contributed by atoms with van der Waals surface area (Å²) in [6.45, 7) is 4.97. The molecule has 2 heterocycles. The van der Waals surface area contributed by atoms with Crippen LogP contribution in [0.3, 0.4) is 0 Å². The molecule has 4 saturated carbocycles. The second-order valence-corrected chi connectivity index (χ2v) is 11.0. The third-order valence-corrected chi connectivity index (χ3v) is 10.2. The van der Waals surface area contributed by atoms with Gasteiger partial charge in [0, 0.05) is 11.5 Å². The minimum Gasteiger partial charge on any atom is -0.431 e. The number of hydrogen-bond donors (Lipinski definition) is 1. The zero-order valence-corrected chi connectivity index (χ0v) is 17.0. The van der Waals surface area contributed by atoms with Gasteiger partial charge in [0.2, 0.25) is 0 Å². The van der Waals surface area contributed by atoms with Crippen LogP contribution in [0.1, 0.15) is 76.7 Å². The van der Waals surface area contributed by atoms with Gasteiger partial charge < -0.3 is 14.3 Å². The van der Waals surface area contributed by atoms with E-state index in [1.54, 1.807) is 12.3 Å². The van der Waals surface area contributed by atoms with Crippen molar-refractivity contribution in [2.45, 2.75) is 88.9 Å². The Morgan fingerprint density at radius 3 is 2.68 bits per heavy atom. The maximum Gasteiger partial charge on any atom is 0.335 e. The lowest BCUT2D eigenvalue weighted by Crippen LogP contribution is -2.58. The normalized spacial score (nSPS) is 54.2. The molecule has 4 heteroatoms. The molecule has 1 aliphatic heterocycles. The SMILES string of the molecule is C[C@]12CCC(O)C[C@H]1CC[C@@H]1[C@@H]2CC[C@]2(C)C(c3ccc(=O)oc3)CC3O[C@@]312. The Morgan fingerprint density at radius 1 is 1.04 bits per heavy atom. The van der Waals surface area contributed by atoms with Crippen LogP contribution in [0.25, 0.3) is 0 Å². The summed E-state index contributed by atoms with van der Waals surface area (Å²) in [6.07, 6.45) is 11.1. The van der Waals surface area contributed by atoms with Gasteiger partial charge in [-0.05, 0) is 92.1 Å². The fourth-order valence-corrected chi connectivity index (χ4v) is 8.74. The molecule has 0 aromatic carbocycles. The summed E-state index contributed by atoms with van der Waals surface area (Å²) in [5, 5.41) is 10.2. The largest absolute Gasteiger partial charge is 0.431 e. The quantitative estimate of drug-likeness (QED) is 0.735. The number of epoxide rings is 1. The fourth-order valence-electron chi connectivity index (χ4n) is 8.74. The van der Waals surface area contributed by atoms with E-state index in [9.17, 15) is 9.90 Å². The van der Waals surface area contributed by atoms with E-state index in [1.165, 1.54) is 37.7 Å². The first-order chi connectivity index (χ1) is 13.4. The molecule has 152 valence electrons. The topological polar surface area (TPSA) is 63.0 Å². The highest BCUT2D eigenvalue weighted by Crippen LogP contribution is 2.77. The van der Waals surface area contributed by atoms with E-state index in [4.69, 9.17) is 9.15 Å². The first kappa shape index (κ1) is 17.7. The van der Waals surface area contributed by atoms with Crippen molar-refractivity contribution in [3.05, 3.63) is 34.4 Å². The molecule has 0 amide bonds. The molecule has 9 atom stereocenters. The van der Waals surface area contributed by atoms with E-state index >= 15 is 0 Å². The zero-order valence-electron chi connectivity index (χ0n) is 17.0. The number of fused-ring (bicyclic) bond motifs is 3. The van der Waals surface area contributed by atoms with Crippen LogP contribution >= 0.6 is 0 Å². The van der Waals surface area contributed by atoms with Gasteiger partial charge >= 0.3 is 5.63 Å². The van der Waals surface area contributed by atoms with Crippen LogP contribution in [0.2, 0.25) is 0 Å². The van der Waals surface area contributed by atoms with E-state index in [2.05, 4.69) is 13.8 Å². The molecule has 3 unspecified atom stereocenters. The average molecular weight is 385 g/mol. The van der Waals surface area contributed by atoms with Gasteiger partial charge in [0.1, 0.15) is 5.60 Å². The van der Waals surface area contributed by atoms with Gasteiger partial charge in [0.15, 0.2) is 0 Å². The highest BCUT2D eigenvalue weighted by Gasteiger charge is 2.80. The minimum atomic E-state index is -0.266.